The van der Waals surface area contributed by atoms with Crippen LogP contribution in [0.2, 0.25) is 0 Å². The first kappa shape index (κ1) is 23.8. The lowest BCUT2D eigenvalue weighted by Crippen LogP contribution is -2.53. The van der Waals surface area contributed by atoms with Gasteiger partial charge >= 0.3 is 5.97 Å². The van der Waals surface area contributed by atoms with E-state index in [1.54, 1.807) is 26.1 Å². The molecule has 0 radical (unpaired) electrons. The van der Waals surface area contributed by atoms with Crippen LogP contribution >= 0.6 is 23.6 Å². The van der Waals surface area contributed by atoms with Crippen molar-refractivity contribution in [2.75, 3.05) is 39.3 Å². The number of amidine groups is 1. The van der Waals surface area contributed by atoms with E-state index in [9.17, 15) is 9.18 Å². The topological polar surface area (TPSA) is 82.1 Å². The number of esters is 1. The van der Waals surface area contributed by atoms with Crippen molar-refractivity contribution in [3.05, 3.63) is 63.0 Å². The molecule has 2 fully saturated rings. The van der Waals surface area contributed by atoms with Gasteiger partial charge in [-0.3, -0.25) is 9.89 Å². The molecule has 5 rings (SSSR count). The third-order valence-corrected chi connectivity index (χ3v) is 7.72. The molecule has 2 aromatic rings. The number of hydrogen-bond acceptors (Lipinski definition) is 8. The van der Waals surface area contributed by atoms with Crippen molar-refractivity contribution < 1.29 is 13.9 Å². The number of nitrogens with zero attached hydrogens (tertiary/aromatic N) is 4. The van der Waals surface area contributed by atoms with Gasteiger partial charge < -0.3 is 20.3 Å². The van der Waals surface area contributed by atoms with E-state index < -0.39 is 12.0 Å². The minimum atomic E-state index is -0.707. The minimum Gasteiger partial charge on any atom is -0.463 e. The van der Waals surface area contributed by atoms with Crippen LogP contribution in [0.1, 0.15) is 29.1 Å². The molecule has 0 unspecified atom stereocenters. The molecule has 2 saturated heterocycles. The van der Waals surface area contributed by atoms with Crippen molar-refractivity contribution in [3.8, 4) is 0 Å². The van der Waals surface area contributed by atoms with Crippen LogP contribution in [0.5, 0.6) is 0 Å². The normalized spacial score (nSPS) is 22.4. The van der Waals surface area contributed by atoms with Crippen molar-refractivity contribution in [1.29, 1.82) is 0 Å². The van der Waals surface area contributed by atoms with E-state index in [0.717, 1.165) is 31.3 Å². The average molecular weight is 515 g/mol. The lowest BCUT2D eigenvalue weighted by Gasteiger charge is -2.38. The third-order valence-electron chi connectivity index (χ3n) is 6.56. The SMILES string of the molecule is CCOC(=O)C1=C(CN2CCN3C(=S)NC[C@@H]3C2)NC(c2nccs2)=N[C@H]1c1cccc(F)c1C. The second-order valence-electron chi connectivity index (χ2n) is 8.68. The van der Waals surface area contributed by atoms with Crippen molar-refractivity contribution in [2.45, 2.75) is 25.9 Å². The summed E-state index contributed by atoms with van der Waals surface area (Å²) in [5.74, 6) is -0.218. The van der Waals surface area contributed by atoms with Gasteiger partial charge in [-0.1, -0.05) is 12.1 Å². The van der Waals surface area contributed by atoms with Crippen LogP contribution < -0.4 is 10.6 Å². The lowest BCUT2D eigenvalue weighted by molar-refractivity contribution is -0.139. The molecular formula is C24H27FN6O2S2. The number of carbonyl (C=O) groups is 1. The van der Waals surface area contributed by atoms with Crippen LogP contribution in [-0.4, -0.2) is 77.1 Å². The van der Waals surface area contributed by atoms with Gasteiger partial charge in [0.05, 0.1) is 18.2 Å². The molecule has 0 bridgehead atoms. The number of aliphatic imine (C=N–C) groups is 1. The maximum Gasteiger partial charge on any atom is 0.338 e. The van der Waals surface area contributed by atoms with E-state index >= 15 is 0 Å². The number of hydrogen-bond donors (Lipinski definition) is 2. The number of aromatic nitrogens is 1. The number of benzene rings is 1. The second-order valence-corrected chi connectivity index (χ2v) is 9.96. The highest BCUT2D eigenvalue weighted by molar-refractivity contribution is 7.80. The molecule has 1 aromatic carbocycles. The zero-order valence-electron chi connectivity index (χ0n) is 19.6. The molecule has 0 spiro atoms. The Bertz CT molecular complexity index is 1200. The van der Waals surface area contributed by atoms with Gasteiger partial charge in [0.2, 0.25) is 0 Å². The molecule has 11 heteroatoms. The van der Waals surface area contributed by atoms with E-state index in [4.69, 9.17) is 21.9 Å². The summed E-state index contributed by atoms with van der Waals surface area (Å²) in [7, 11) is 0. The first-order chi connectivity index (χ1) is 17.0. The minimum absolute atomic E-state index is 0.234. The highest BCUT2D eigenvalue weighted by atomic mass is 32.1. The summed E-state index contributed by atoms with van der Waals surface area (Å²) in [5.41, 5.74) is 2.21. The Morgan fingerprint density at radius 1 is 1.37 bits per heavy atom. The molecule has 2 N–H and O–H groups in total. The molecule has 3 aliphatic heterocycles. The van der Waals surface area contributed by atoms with E-state index in [2.05, 4.69) is 25.4 Å². The Balaban J connectivity index is 1.55. The smallest absolute Gasteiger partial charge is 0.338 e. The van der Waals surface area contributed by atoms with Crippen molar-refractivity contribution in [2.24, 2.45) is 4.99 Å². The zero-order valence-corrected chi connectivity index (χ0v) is 21.2. The molecule has 1 aromatic heterocycles. The Morgan fingerprint density at radius 3 is 3.00 bits per heavy atom. The van der Waals surface area contributed by atoms with E-state index in [-0.39, 0.29) is 12.4 Å². The fourth-order valence-electron chi connectivity index (χ4n) is 4.80. The molecule has 0 amide bonds. The van der Waals surface area contributed by atoms with Crippen molar-refractivity contribution in [3.63, 3.8) is 0 Å². The van der Waals surface area contributed by atoms with Crippen LogP contribution in [-0.2, 0) is 9.53 Å². The number of rotatable bonds is 6. The predicted molar refractivity (Wildman–Crippen MR) is 137 cm³/mol. The van der Waals surface area contributed by atoms with Gasteiger partial charge in [0.25, 0.3) is 0 Å². The summed E-state index contributed by atoms with van der Waals surface area (Å²) in [4.78, 5) is 27.1. The summed E-state index contributed by atoms with van der Waals surface area (Å²) in [6.45, 7) is 7.45. The summed E-state index contributed by atoms with van der Waals surface area (Å²) in [6.07, 6.45) is 1.71. The first-order valence-electron chi connectivity index (χ1n) is 11.6. The maximum atomic E-state index is 14.6. The summed E-state index contributed by atoms with van der Waals surface area (Å²) in [5, 5.41) is 10.0. The fourth-order valence-corrected chi connectivity index (χ4v) is 5.71. The van der Waals surface area contributed by atoms with Crippen molar-refractivity contribution in [1.82, 2.24) is 25.4 Å². The zero-order chi connectivity index (χ0) is 24.5. The van der Waals surface area contributed by atoms with Crippen LogP contribution in [0.3, 0.4) is 0 Å². The predicted octanol–water partition coefficient (Wildman–Crippen LogP) is 2.37. The Hall–Kier alpha value is -2.89. The standard InChI is InChI=1S/C24H27FN6O2S2/c1-3-33-23(32)19-18(13-30-8-9-31-15(12-30)11-27-24(31)34)28-21(22-26-7-10-35-22)29-20(19)16-5-4-6-17(25)14(16)2/h4-7,10,15,20H,3,8-9,11-13H2,1-2H3,(H,27,34)(H,28,29)/t15-,20+/m1/s1. The van der Waals surface area contributed by atoms with Crippen LogP contribution in [0, 0.1) is 12.7 Å². The molecule has 0 aliphatic carbocycles. The van der Waals surface area contributed by atoms with E-state index in [1.165, 1.54) is 17.4 Å². The lowest BCUT2D eigenvalue weighted by atomic mass is 9.92. The number of halogens is 1. The van der Waals surface area contributed by atoms with Crippen LogP contribution in [0.4, 0.5) is 4.39 Å². The number of thiocarbonyl (C=S) groups is 1. The first-order valence-corrected chi connectivity index (χ1v) is 12.9. The summed E-state index contributed by atoms with van der Waals surface area (Å²) < 4.78 is 20.0. The average Bonchev–Trinajstić information content (AvgIpc) is 3.51. The summed E-state index contributed by atoms with van der Waals surface area (Å²) >= 11 is 6.87. The van der Waals surface area contributed by atoms with E-state index in [1.807, 2.05) is 11.4 Å². The Kier molecular flexibility index (Phi) is 6.81. The van der Waals surface area contributed by atoms with Gasteiger partial charge in [-0.25, -0.2) is 14.2 Å². The maximum absolute atomic E-state index is 14.6. The van der Waals surface area contributed by atoms with Crippen LogP contribution in [0.25, 0.3) is 0 Å². The number of fused-ring (bicyclic) bond motifs is 1. The van der Waals surface area contributed by atoms with E-state index in [0.29, 0.717) is 45.8 Å². The highest BCUT2D eigenvalue weighted by Gasteiger charge is 2.37. The number of thiazole rings is 1. The monoisotopic (exact) mass is 514 g/mol. The van der Waals surface area contributed by atoms with Gasteiger partial charge in [0.15, 0.2) is 16.0 Å². The number of carbonyl (C=O) groups excluding carboxylic acids is 1. The van der Waals surface area contributed by atoms with Gasteiger partial charge in [-0.15, -0.1) is 11.3 Å². The quantitative estimate of drug-likeness (QED) is 0.449. The number of ether oxygens (including phenoxy) is 1. The molecule has 0 saturated carbocycles. The Morgan fingerprint density at radius 2 is 2.23 bits per heavy atom. The largest absolute Gasteiger partial charge is 0.463 e. The molecule has 184 valence electrons. The molecular weight excluding hydrogens is 487 g/mol. The summed E-state index contributed by atoms with van der Waals surface area (Å²) in [6, 6.07) is 4.47. The van der Waals surface area contributed by atoms with Crippen LogP contribution in [0.15, 0.2) is 46.0 Å². The van der Waals surface area contributed by atoms with Crippen molar-refractivity contribution >= 4 is 40.5 Å². The Labute approximate surface area is 212 Å². The number of piperazine rings is 1. The van der Waals surface area contributed by atoms with Gasteiger partial charge in [0.1, 0.15) is 11.9 Å². The molecule has 2 atom stereocenters. The fraction of sp³-hybridized carbons (Fsp3) is 0.417. The molecule has 3 aliphatic rings. The third kappa shape index (κ3) is 4.67. The molecule has 4 heterocycles. The molecule has 8 nitrogen and oxygen atoms in total. The van der Waals surface area contributed by atoms with Gasteiger partial charge in [-0.05, 0) is 43.3 Å². The highest BCUT2D eigenvalue weighted by Crippen LogP contribution is 2.35. The van der Waals surface area contributed by atoms with Gasteiger partial charge in [0, 0.05) is 50.0 Å². The number of nitrogens with one attached hydrogen (secondary N) is 2. The van der Waals surface area contributed by atoms with Gasteiger partial charge in [-0.2, -0.15) is 0 Å². The second kappa shape index (κ2) is 10.00. The molecule has 35 heavy (non-hydrogen) atoms.